The fourth-order valence-electron chi connectivity index (χ4n) is 4.17. The molecule has 1 spiro atoms. The minimum absolute atomic E-state index is 0.499. The van der Waals surface area contributed by atoms with E-state index in [9.17, 15) is 0 Å². The normalized spacial score (nSPS) is 27.9. The molecule has 1 aromatic rings. The van der Waals surface area contributed by atoms with Gasteiger partial charge in [-0.15, -0.1) is 10.2 Å². The van der Waals surface area contributed by atoms with Gasteiger partial charge in [0.2, 0.25) is 5.13 Å². The second-order valence-electron chi connectivity index (χ2n) is 7.84. The second-order valence-corrected chi connectivity index (χ2v) is 9.00. The van der Waals surface area contributed by atoms with Gasteiger partial charge in [0, 0.05) is 32.3 Å². The Morgan fingerprint density at radius 3 is 2.65 bits per heavy atom. The van der Waals surface area contributed by atoms with E-state index in [4.69, 9.17) is 4.74 Å². The maximum Gasteiger partial charge on any atom is 0.208 e. The van der Waals surface area contributed by atoms with Crippen molar-refractivity contribution < 1.29 is 4.74 Å². The van der Waals surface area contributed by atoms with Crippen LogP contribution in [-0.4, -0.2) is 61.0 Å². The van der Waals surface area contributed by atoms with Crippen LogP contribution in [0.15, 0.2) is 0 Å². The van der Waals surface area contributed by atoms with E-state index in [1.54, 1.807) is 11.3 Å². The van der Waals surface area contributed by atoms with Crippen LogP contribution < -0.4 is 4.90 Å². The number of aryl methyl sites for hydroxylation is 1. The largest absolute Gasteiger partial charge is 0.380 e. The minimum Gasteiger partial charge on any atom is -0.380 e. The van der Waals surface area contributed by atoms with Crippen molar-refractivity contribution in [1.29, 1.82) is 0 Å². The highest BCUT2D eigenvalue weighted by molar-refractivity contribution is 7.15. The first-order valence-corrected chi connectivity index (χ1v) is 9.78. The predicted octanol–water partition coefficient (Wildman–Crippen LogP) is 2.56. The van der Waals surface area contributed by atoms with Crippen LogP contribution >= 0.6 is 11.3 Å². The number of likely N-dealkylation sites (tertiary alicyclic amines) is 1. The molecule has 4 rings (SSSR count). The Hall–Kier alpha value is -0.720. The van der Waals surface area contributed by atoms with Crippen molar-refractivity contribution in [1.82, 2.24) is 15.1 Å². The fraction of sp³-hybridized carbons (Fsp3) is 0.882. The van der Waals surface area contributed by atoms with Crippen molar-refractivity contribution in [3.63, 3.8) is 0 Å². The smallest absolute Gasteiger partial charge is 0.208 e. The highest BCUT2D eigenvalue weighted by Crippen LogP contribution is 2.44. The van der Waals surface area contributed by atoms with Gasteiger partial charge in [-0.05, 0) is 57.4 Å². The average Bonchev–Trinajstić information content (AvgIpc) is 3.18. The number of nitrogens with zero attached hydrogens (tertiary/aromatic N) is 4. The van der Waals surface area contributed by atoms with Crippen LogP contribution in [0.2, 0.25) is 0 Å². The molecule has 1 aliphatic carbocycles. The molecule has 6 heteroatoms. The Balaban J connectivity index is 1.29. The standard InChI is InChI=1S/C17H28N4OS/c1-13-18-19-16(23-13)21-7-5-17(6-8-21)9-15(20(2)12-17)11-22-10-14-3-4-14/h14-15H,3-12H2,1-2H3/t15-/m0/s1. The lowest BCUT2D eigenvalue weighted by molar-refractivity contribution is 0.0786. The minimum atomic E-state index is 0.499. The number of likely N-dealkylation sites (N-methyl/N-ethyl adjacent to an activating group) is 1. The van der Waals surface area contributed by atoms with Crippen molar-refractivity contribution in [2.45, 2.75) is 45.1 Å². The Kier molecular flexibility index (Phi) is 4.32. The zero-order valence-corrected chi connectivity index (χ0v) is 15.1. The third-order valence-electron chi connectivity index (χ3n) is 5.85. The first-order valence-electron chi connectivity index (χ1n) is 8.97. The zero-order chi connectivity index (χ0) is 15.9. The first-order chi connectivity index (χ1) is 11.1. The molecule has 0 radical (unpaired) electrons. The van der Waals surface area contributed by atoms with Crippen molar-refractivity contribution in [2.24, 2.45) is 11.3 Å². The lowest BCUT2D eigenvalue weighted by Crippen LogP contribution is -2.41. The third kappa shape index (κ3) is 3.54. The van der Waals surface area contributed by atoms with Gasteiger partial charge in [-0.1, -0.05) is 11.3 Å². The summed E-state index contributed by atoms with van der Waals surface area (Å²) in [5.41, 5.74) is 0.499. The van der Waals surface area contributed by atoms with Crippen LogP contribution in [0.1, 0.15) is 37.1 Å². The number of piperidine rings is 1. The Morgan fingerprint density at radius 1 is 1.22 bits per heavy atom. The van der Waals surface area contributed by atoms with Crippen molar-refractivity contribution in [3.8, 4) is 0 Å². The molecule has 3 heterocycles. The number of ether oxygens (including phenoxy) is 1. The van der Waals surface area contributed by atoms with E-state index in [-0.39, 0.29) is 0 Å². The summed E-state index contributed by atoms with van der Waals surface area (Å²) in [5, 5.41) is 10.6. The number of aromatic nitrogens is 2. The van der Waals surface area contributed by atoms with E-state index in [1.807, 2.05) is 6.92 Å². The Labute approximate surface area is 143 Å². The summed E-state index contributed by atoms with van der Waals surface area (Å²) in [6.45, 7) is 7.42. The van der Waals surface area contributed by atoms with Crippen LogP contribution in [0.3, 0.4) is 0 Å². The highest BCUT2D eigenvalue weighted by Gasteiger charge is 2.44. The molecular formula is C17H28N4OS. The van der Waals surface area contributed by atoms with E-state index >= 15 is 0 Å². The van der Waals surface area contributed by atoms with Gasteiger partial charge in [-0.2, -0.15) is 0 Å². The maximum atomic E-state index is 5.97. The summed E-state index contributed by atoms with van der Waals surface area (Å²) in [6.07, 6.45) is 6.61. The van der Waals surface area contributed by atoms with Gasteiger partial charge in [0.15, 0.2) is 0 Å². The van der Waals surface area contributed by atoms with Gasteiger partial charge in [-0.25, -0.2) is 0 Å². The molecule has 128 valence electrons. The van der Waals surface area contributed by atoms with Crippen molar-refractivity contribution in [2.75, 3.05) is 44.8 Å². The number of rotatable bonds is 5. The van der Waals surface area contributed by atoms with Gasteiger partial charge in [0.05, 0.1) is 6.61 Å². The molecular weight excluding hydrogens is 308 g/mol. The van der Waals surface area contributed by atoms with Gasteiger partial charge in [0.1, 0.15) is 5.01 Å². The van der Waals surface area contributed by atoms with E-state index in [2.05, 4.69) is 27.0 Å². The molecule has 2 aliphatic heterocycles. The molecule has 23 heavy (non-hydrogen) atoms. The monoisotopic (exact) mass is 336 g/mol. The highest BCUT2D eigenvalue weighted by atomic mass is 32.1. The Morgan fingerprint density at radius 2 is 2.00 bits per heavy atom. The SMILES string of the molecule is Cc1nnc(N2CCC3(CC2)C[C@@H](COCC2CC2)N(C)C3)s1. The molecule has 0 bridgehead atoms. The number of hydrogen-bond donors (Lipinski definition) is 0. The summed E-state index contributed by atoms with van der Waals surface area (Å²) in [5.74, 6) is 0.870. The van der Waals surface area contributed by atoms with Gasteiger partial charge in [-0.3, -0.25) is 0 Å². The molecule has 0 amide bonds. The van der Waals surface area contributed by atoms with Crippen LogP contribution in [0, 0.1) is 18.3 Å². The second kappa shape index (κ2) is 6.30. The summed E-state index contributed by atoms with van der Waals surface area (Å²) in [4.78, 5) is 4.96. The summed E-state index contributed by atoms with van der Waals surface area (Å²) in [7, 11) is 2.28. The zero-order valence-electron chi connectivity index (χ0n) is 14.3. The van der Waals surface area contributed by atoms with Crippen LogP contribution in [0.4, 0.5) is 5.13 Å². The molecule has 1 atom stereocenters. The maximum absolute atomic E-state index is 5.97. The van der Waals surface area contributed by atoms with Crippen molar-refractivity contribution in [3.05, 3.63) is 5.01 Å². The molecule has 5 nitrogen and oxygen atoms in total. The molecule has 2 saturated heterocycles. The number of anilines is 1. The topological polar surface area (TPSA) is 41.5 Å². The molecule has 3 fully saturated rings. The molecule has 0 N–H and O–H groups in total. The molecule has 0 unspecified atom stereocenters. The summed E-state index contributed by atoms with van der Waals surface area (Å²) in [6, 6.07) is 0.615. The third-order valence-corrected chi connectivity index (χ3v) is 6.75. The predicted molar refractivity (Wildman–Crippen MR) is 93.1 cm³/mol. The lowest BCUT2D eigenvalue weighted by Gasteiger charge is -2.39. The molecule has 1 aromatic heterocycles. The van der Waals surface area contributed by atoms with Crippen LogP contribution in [0.25, 0.3) is 0 Å². The van der Waals surface area contributed by atoms with Gasteiger partial charge < -0.3 is 14.5 Å². The molecule has 3 aliphatic rings. The first kappa shape index (κ1) is 15.8. The van der Waals surface area contributed by atoms with E-state index in [0.717, 1.165) is 42.4 Å². The van der Waals surface area contributed by atoms with E-state index < -0.39 is 0 Å². The average molecular weight is 337 g/mol. The molecule has 0 aromatic carbocycles. The quantitative estimate of drug-likeness (QED) is 0.827. The van der Waals surface area contributed by atoms with E-state index in [1.165, 1.54) is 38.6 Å². The summed E-state index contributed by atoms with van der Waals surface area (Å²) >= 11 is 1.72. The van der Waals surface area contributed by atoms with Gasteiger partial charge >= 0.3 is 0 Å². The molecule has 1 saturated carbocycles. The Bertz CT molecular complexity index is 536. The van der Waals surface area contributed by atoms with E-state index in [0.29, 0.717) is 11.5 Å². The summed E-state index contributed by atoms with van der Waals surface area (Å²) < 4.78 is 5.97. The van der Waals surface area contributed by atoms with Crippen molar-refractivity contribution >= 4 is 16.5 Å². The fourth-order valence-corrected chi connectivity index (χ4v) is 4.91. The number of hydrogen-bond acceptors (Lipinski definition) is 6. The van der Waals surface area contributed by atoms with Gasteiger partial charge in [0.25, 0.3) is 0 Å². The van der Waals surface area contributed by atoms with Crippen LogP contribution in [-0.2, 0) is 4.74 Å². The lowest BCUT2D eigenvalue weighted by atomic mass is 9.77. The van der Waals surface area contributed by atoms with Crippen LogP contribution in [0.5, 0.6) is 0 Å².